The maximum Gasteiger partial charge on any atom is 0.242 e. The number of ketones is 1. The van der Waals surface area contributed by atoms with Gasteiger partial charge in [-0.25, -0.2) is 4.98 Å². The average Bonchev–Trinajstić information content (AvgIpc) is 3.27. The van der Waals surface area contributed by atoms with Crippen molar-refractivity contribution in [1.29, 1.82) is 0 Å². The predicted molar refractivity (Wildman–Crippen MR) is 122 cm³/mol. The third-order valence-corrected chi connectivity index (χ3v) is 5.73. The molecule has 4 rings (SSSR count). The maximum absolute atomic E-state index is 13.2. The predicted octanol–water partition coefficient (Wildman–Crippen LogP) is 5.15. The summed E-state index contributed by atoms with van der Waals surface area (Å²) in [5.74, 6) is 0.367. The van der Waals surface area contributed by atoms with E-state index < -0.39 is 5.25 Å². The molecular weight excluding hydrogens is 408 g/mol. The number of aromatic amines is 1. The van der Waals surface area contributed by atoms with Crippen LogP contribution in [0.1, 0.15) is 28.1 Å². The van der Waals surface area contributed by atoms with Crippen molar-refractivity contribution in [1.82, 2.24) is 15.2 Å². The molecule has 0 saturated carbocycles. The molecule has 4 aromatic rings. The number of H-pyrrole nitrogens is 1. The van der Waals surface area contributed by atoms with Crippen LogP contribution in [0.15, 0.2) is 90.1 Å². The van der Waals surface area contributed by atoms with Gasteiger partial charge in [0.05, 0.1) is 0 Å². The van der Waals surface area contributed by atoms with Crippen molar-refractivity contribution in [3.8, 4) is 11.4 Å². The van der Waals surface area contributed by atoms with Gasteiger partial charge in [-0.15, -0.1) is 5.10 Å². The summed E-state index contributed by atoms with van der Waals surface area (Å²) in [6.45, 7) is 1.50. The summed E-state index contributed by atoms with van der Waals surface area (Å²) in [7, 11) is 0. The van der Waals surface area contributed by atoms with E-state index in [1.54, 1.807) is 24.3 Å². The number of Topliss-reactive ketones (excluding diaryl/α,β-unsaturated/α-hetero) is 1. The van der Waals surface area contributed by atoms with Gasteiger partial charge in [0, 0.05) is 16.8 Å². The number of hydrogen-bond donors (Lipinski definition) is 2. The van der Waals surface area contributed by atoms with Gasteiger partial charge in [-0.2, -0.15) is 0 Å². The first kappa shape index (κ1) is 20.6. The zero-order valence-corrected chi connectivity index (χ0v) is 17.6. The van der Waals surface area contributed by atoms with Crippen LogP contribution < -0.4 is 5.32 Å². The Bertz CT molecular complexity index is 1190. The zero-order valence-electron chi connectivity index (χ0n) is 16.8. The van der Waals surface area contributed by atoms with Gasteiger partial charge >= 0.3 is 0 Å². The molecule has 1 heterocycles. The molecule has 0 unspecified atom stereocenters. The van der Waals surface area contributed by atoms with Crippen molar-refractivity contribution in [2.24, 2.45) is 0 Å². The van der Waals surface area contributed by atoms with Gasteiger partial charge in [-0.3, -0.25) is 14.7 Å². The molecule has 3 aromatic carbocycles. The number of aromatic nitrogens is 3. The van der Waals surface area contributed by atoms with Crippen molar-refractivity contribution in [2.45, 2.75) is 17.3 Å². The van der Waals surface area contributed by atoms with E-state index >= 15 is 0 Å². The van der Waals surface area contributed by atoms with Crippen LogP contribution in [-0.4, -0.2) is 26.9 Å². The Kier molecular flexibility index (Phi) is 6.24. The van der Waals surface area contributed by atoms with Crippen LogP contribution in [0.4, 0.5) is 5.69 Å². The SMILES string of the molecule is CC(=O)c1cccc(NC(=O)[C@@H](Sc2n[nH]c(-c3ccccc3)n2)c2ccccc2)c1. The molecule has 2 N–H and O–H groups in total. The maximum atomic E-state index is 13.2. The Labute approximate surface area is 184 Å². The van der Waals surface area contributed by atoms with Crippen LogP contribution in [-0.2, 0) is 4.79 Å². The normalized spacial score (nSPS) is 11.6. The van der Waals surface area contributed by atoms with Crippen LogP contribution in [0.5, 0.6) is 0 Å². The van der Waals surface area contributed by atoms with Gasteiger partial charge in [0.1, 0.15) is 5.25 Å². The summed E-state index contributed by atoms with van der Waals surface area (Å²) in [6.07, 6.45) is 0. The highest BCUT2D eigenvalue weighted by atomic mass is 32.2. The molecule has 0 radical (unpaired) electrons. The highest BCUT2D eigenvalue weighted by Gasteiger charge is 2.24. The Morgan fingerprint density at radius 3 is 2.35 bits per heavy atom. The van der Waals surface area contributed by atoms with Crippen molar-refractivity contribution >= 4 is 29.1 Å². The number of amides is 1. The Hall–Kier alpha value is -3.71. The number of benzene rings is 3. The van der Waals surface area contributed by atoms with E-state index in [2.05, 4.69) is 20.5 Å². The lowest BCUT2D eigenvalue weighted by Gasteiger charge is -2.15. The second kappa shape index (κ2) is 9.40. The van der Waals surface area contributed by atoms with Crippen molar-refractivity contribution in [3.63, 3.8) is 0 Å². The zero-order chi connectivity index (χ0) is 21.6. The lowest BCUT2D eigenvalue weighted by molar-refractivity contribution is -0.115. The van der Waals surface area contributed by atoms with E-state index in [0.717, 1.165) is 11.1 Å². The topological polar surface area (TPSA) is 87.7 Å². The Balaban J connectivity index is 1.58. The van der Waals surface area contributed by atoms with Crippen LogP contribution in [0, 0.1) is 0 Å². The number of carbonyl (C=O) groups excluding carboxylic acids is 2. The standard InChI is InChI=1S/C24H20N4O2S/c1-16(29)19-13-8-14-20(15-19)25-23(30)21(17-9-4-2-5-10-17)31-24-26-22(27-28-24)18-11-6-3-7-12-18/h2-15,21H,1H3,(H,25,30)(H,26,27,28)/t21-/m0/s1. The van der Waals surface area contributed by atoms with E-state index in [4.69, 9.17) is 0 Å². The number of carbonyl (C=O) groups is 2. The summed E-state index contributed by atoms with van der Waals surface area (Å²) in [5.41, 5.74) is 2.87. The van der Waals surface area contributed by atoms with Gasteiger partial charge in [0.2, 0.25) is 11.1 Å². The highest BCUT2D eigenvalue weighted by molar-refractivity contribution is 8.00. The van der Waals surface area contributed by atoms with E-state index in [1.165, 1.54) is 18.7 Å². The summed E-state index contributed by atoms with van der Waals surface area (Å²) in [4.78, 5) is 29.4. The molecule has 0 saturated heterocycles. The minimum absolute atomic E-state index is 0.0563. The third-order valence-electron chi connectivity index (χ3n) is 4.61. The lowest BCUT2D eigenvalue weighted by Crippen LogP contribution is -2.19. The second-order valence-corrected chi connectivity index (χ2v) is 7.94. The van der Waals surface area contributed by atoms with Crippen molar-refractivity contribution in [3.05, 3.63) is 96.1 Å². The fraction of sp³-hybridized carbons (Fsp3) is 0.0833. The van der Waals surface area contributed by atoms with Gasteiger partial charge in [0.15, 0.2) is 11.6 Å². The molecule has 154 valence electrons. The van der Waals surface area contributed by atoms with E-state index in [9.17, 15) is 9.59 Å². The third kappa shape index (κ3) is 5.07. The molecule has 0 bridgehead atoms. The molecule has 0 spiro atoms. The number of nitrogens with one attached hydrogen (secondary N) is 2. The molecule has 0 aliphatic rings. The molecule has 0 aliphatic heterocycles. The average molecular weight is 429 g/mol. The minimum atomic E-state index is -0.568. The van der Waals surface area contributed by atoms with Crippen molar-refractivity contribution < 1.29 is 9.59 Å². The smallest absolute Gasteiger partial charge is 0.242 e. The van der Waals surface area contributed by atoms with Crippen LogP contribution >= 0.6 is 11.8 Å². The van der Waals surface area contributed by atoms with Gasteiger partial charge < -0.3 is 5.32 Å². The molecule has 0 aliphatic carbocycles. The molecule has 7 heteroatoms. The Morgan fingerprint density at radius 2 is 1.65 bits per heavy atom. The first-order valence-electron chi connectivity index (χ1n) is 9.71. The van der Waals surface area contributed by atoms with Crippen LogP contribution in [0.3, 0.4) is 0 Å². The van der Waals surface area contributed by atoms with Crippen LogP contribution in [0.25, 0.3) is 11.4 Å². The van der Waals surface area contributed by atoms with Gasteiger partial charge in [-0.1, -0.05) is 84.6 Å². The number of anilines is 1. The Morgan fingerprint density at radius 1 is 0.935 bits per heavy atom. The quantitative estimate of drug-likeness (QED) is 0.314. The van der Waals surface area contributed by atoms with Gasteiger partial charge in [-0.05, 0) is 24.6 Å². The van der Waals surface area contributed by atoms with Crippen molar-refractivity contribution in [2.75, 3.05) is 5.32 Å². The number of nitrogens with zero attached hydrogens (tertiary/aromatic N) is 2. The first-order chi connectivity index (χ1) is 15.1. The fourth-order valence-corrected chi connectivity index (χ4v) is 3.97. The number of thioether (sulfide) groups is 1. The van der Waals surface area contributed by atoms with Crippen LogP contribution in [0.2, 0.25) is 0 Å². The summed E-state index contributed by atoms with van der Waals surface area (Å²) >= 11 is 1.26. The molecule has 0 fully saturated rings. The van der Waals surface area contributed by atoms with E-state index in [1.807, 2.05) is 60.7 Å². The highest BCUT2D eigenvalue weighted by Crippen LogP contribution is 2.35. The second-order valence-electron chi connectivity index (χ2n) is 6.87. The molecule has 31 heavy (non-hydrogen) atoms. The van der Waals surface area contributed by atoms with E-state index in [0.29, 0.717) is 22.2 Å². The molecule has 1 aromatic heterocycles. The summed E-state index contributed by atoms with van der Waals surface area (Å²) < 4.78 is 0. The minimum Gasteiger partial charge on any atom is -0.325 e. The number of rotatable bonds is 7. The molecule has 1 atom stereocenters. The molecular formula is C24H20N4O2S. The first-order valence-corrected chi connectivity index (χ1v) is 10.6. The number of hydrogen-bond acceptors (Lipinski definition) is 5. The molecule has 1 amide bonds. The summed E-state index contributed by atoms with van der Waals surface area (Å²) in [6, 6.07) is 26.1. The largest absolute Gasteiger partial charge is 0.325 e. The van der Waals surface area contributed by atoms with Gasteiger partial charge in [0.25, 0.3) is 0 Å². The fourth-order valence-electron chi connectivity index (χ4n) is 3.05. The molecule has 6 nitrogen and oxygen atoms in total. The lowest BCUT2D eigenvalue weighted by atomic mass is 10.1. The summed E-state index contributed by atoms with van der Waals surface area (Å²) in [5, 5.41) is 10.0. The monoisotopic (exact) mass is 428 g/mol. The van der Waals surface area contributed by atoms with E-state index in [-0.39, 0.29) is 11.7 Å².